The first-order valence-corrected chi connectivity index (χ1v) is 9.82. The number of hydrogen-bond donors (Lipinski definition) is 1. The number of fused-ring (bicyclic) bond motifs is 2. The van der Waals surface area contributed by atoms with Gasteiger partial charge in [-0.15, -0.1) is 0 Å². The first-order valence-electron chi connectivity index (χ1n) is 9.82. The number of aliphatic hydroxyl groups excluding tert-OH is 1. The van der Waals surface area contributed by atoms with Gasteiger partial charge in [0.15, 0.2) is 5.78 Å². The van der Waals surface area contributed by atoms with Gasteiger partial charge in [0.25, 0.3) is 0 Å². The molecule has 0 aromatic heterocycles. The van der Waals surface area contributed by atoms with Gasteiger partial charge < -0.3 is 9.84 Å². The highest BCUT2D eigenvalue weighted by Crippen LogP contribution is 2.56. The first kappa shape index (κ1) is 20.0. The molecule has 3 rings (SSSR count). The normalized spacial score (nSPS) is 38.9. The average molecular weight is 374 g/mol. The van der Waals surface area contributed by atoms with E-state index in [9.17, 15) is 19.5 Å². The van der Waals surface area contributed by atoms with E-state index in [0.717, 1.165) is 0 Å². The smallest absolute Gasteiger partial charge is 0.302 e. The molecule has 0 aromatic rings. The van der Waals surface area contributed by atoms with Crippen LogP contribution in [0.4, 0.5) is 0 Å². The molecule has 1 N–H and O–H groups in total. The molecule has 2 bridgehead atoms. The van der Waals surface area contributed by atoms with Gasteiger partial charge in [0.05, 0.1) is 6.10 Å². The van der Waals surface area contributed by atoms with Crippen molar-refractivity contribution >= 4 is 17.5 Å². The molecule has 148 valence electrons. The van der Waals surface area contributed by atoms with Gasteiger partial charge >= 0.3 is 5.97 Å². The van der Waals surface area contributed by atoms with Crippen LogP contribution in [-0.2, 0) is 19.1 Å². The van der Waals surface area contributed by atoms with Gasteiger partial charge in [-0.3, -0.25) is 14.4 Å². The maximum Gasteiger partial charge on any atom is 0.302 e. The van der Waals surface area contributed by atoms with Crippen molar-refractivity contribution in [1.29, 1.82) is 0 Å². The lowest BCUT2D eigenvalue weighted by atomic mass is 9.52. The van der Waals surface area contributed by atoms with Gasteiger partial charge in [0, 0.05) is 35.7 Å². The van der Waals surface area contributed by atoms with Crippen molar-refractivity contribution in [2.45, 2.75) is 72.0 Å². The van der Waals surface area contributed by atoms with Gasteiger partial charge in [-0.2, -0.15) is 0 Å². The van der Waals surface area contributed by atoms with E-state index in [0.29, 0.717) is 43.3 Å². The second kappa shape index (κ2) is 6.69. The summed E-state index contributed by atoms with van der Waals surface area (Å²) < 4.78 is 5.57. The largest absolute Gasteiger partial charge is 0.462 e. The molecule has 5 heteroatoms. The summed E-state index contributed by atoms with van der Waals surface area (Å²) in [6.45, 7) is 11.3. The monoisotopic (exact) mass is 374 g/mol. The van der Waals surface area contributed by atoms with Crippen LogP contribution in [0.1, 0.15) is 59.8 Å². The van der Waals surface area contributed by atoms with Gasteiger partial charge in [-0.05, 0) is 37.2 Å². The lowest BCUT2D eigenvalue weighted by Gasteiger charge is -2.54. The molecular weight excluding hydrogens is 344 g/mol. The third kappa shape index (κ3) is 3.20. The summed E-state index contributed by atoms with van der Waals surface area (Å²) in [5, 5.41) is 10.9. The van der Waals surface area contributed by atoms with Crippen LogP contribution in [0.15, 0.2) is 23.8 Å². The molecule has 3 aliphatic rings. The fraction of sp³-hybridized carbons (Fsp3) is 0.682. The Morgan fingerprint density at radius 2 is 1.93 bits per heavy atom. The first-order chi connectivity index (χ1) is 12.5. The molecule has 0 aliphatic heterocycles. The minimum Gasteiger partial charge on any atom is -0.462 e. The van der Waals surface area contributed by atoms with Crippen molar-refractivity contribution in [3.05, 3.63) is 23.8 Å². The zero-order valence-corrected chi connectivity index (χ0v) is 16.7. The Morgan fingerprint density at radius 3 is 2.56 bits per heavy atom. The fourth-order valence-corrected chi connectivity index (χ4v) is 5.52. The van der Waals surface area contributed by atoms with Crippen molar-refractivity contribution in [3.8, 4) is 0 Å². The van der Waals surface area contributed by atoms with Crippen LogP contribution >= 0.6 is 0 Å². The number of Topliss-reactive ketones (excluding diaryl/α,β-unsaturated/α-hetero) is 2. The van der Waals surface area contributed by atoms with Gasteiger partial charge in [0.2, 0.25) is 0 Å². The average Bonchev–Trinajstić information content (AvgIpc) is 2.86. The van der Waals surface area contributed by atoms with Crippen molar-refractivity contribution in [2.24, 2.45) is 22.7 Å². The summed E-state index contributed by atoms with van der Waals surface area (Å²) in [5.41, 5.74) is -0.216. The lowest BCUT2D eigenvalue weighted by Crippen LogP contribution is -2.55. The van der Waals surface area contributed by atoms with E-state index >= 15 is 0 Å². The Balaban J connectivity index is 2.02. The standard InChI is InChI=1S/C22H30O5/c1-12-14-6-7-18(25)22(5)9-8-19(27-13(2)23)21(3,4)17(22)11-16(24)15(10-14)20(12)26/h10,14,16-17,19,24H,1,6-9,11H2,2-5H3. The van der Waals surface area contributed by atoms with Crippen LogP contribution < -0.4 is 0 Å². The summed E-state index contributed by atoms with van der Waals surface area (Å²) in [4.78, 5) is 37.4. The quantitative estimate of drug-likeness (QED) is 0.563. The maximum atomic E-state index is 13.3. The molecule has 1 saturated carbocycles. The number of rotatable bonds is 1. The van der Waals surface area contributed by atoms with Crippen molar-refractivity contribution in [2.75, 3.05) is 0 Å². The van der Waals surface area contributed by atoms with Crippen LogP contribution in [0.3, 0.4) is 0 Å². The summed E-state index contributed by atoms with van der Waals surface area (Å²) >= 11 is 0. The second-order valence-electron chi connectivity index (χ2n) is 9.22. The number of esters is 1. The summed E-state index contributed by atoms with van der Waals surface area (Å²) in [5.74, 6) is -0.718. The fourth-order valence-electron chi connectivity index (χ4n) is 5.52. The molecule has 5 nitrogen and oxygen atoms in total. The van der Waals surface area contributed by atoms with Gasteiger partial charge in [-0.1, -0.05) is 33.4 Å². The predicted octanol–water partition coefficient (Wildman–Crippen LogP) is 3.16. The Kier molecular flexibility index (Phi) is 4.96. The molecule has 0 amide bonds. The maximum absolute atomic E-state index is 13.3. The molecule has 0 saturated heterocycles. The van der Waals surface area contributed by atoms with E-state index in [-0.39, 0.29) is 35.5 Å². The molecule has 27 heavy (non-hydrogen) atoms. The highest BCUT2D eigenvalue weighted by Gasteiger charge is 2.56. The van der Waals surface area contributed by atoms with Gasteiger partial charge in [-0.25, -0.2) is 0 Å². The SMILES string of the molecule is C=C1C(=O)C2=CC1CCC(=O)C1(C)CCC(OC(C)=O)C(C)(C)C1CC2O. The number of aliphatic hydroxyl groups is 1. The molecule has 0 radical (unpaired) electrons. The topological polar surface area (TPSA) is 80.7 Å². The summed E-state index contributed by atoms with van der Waals surface area (Å²) in [6, 6.07) is 0. The zero-order valence-electron chi connectivity index (χ0n) is 16.7. The number of carbonyl (C=O) groups excluding carboxylic acids is 3. The molecule has 5 atom stereocenters. The highest BCUT2D eigenvalue weighted by molar-refractivity contribution is 6.11. The Labute approximate surface area is 160 Å². The molecule has 0 aromatic carbocycles. The number of allylic oxidation sites excluding steroid dienone is 2. The molecular formula is C22H30O5. The minimum absolute atomic E-state index is 0.156. The number of hydrogen-bond acceptors (Lipinski definition) is 5. The number of ketones is 2. The van der Waals surface area contributed by atoms with Crippen LogP contribution in [0.2, 0.25) is 0 Å². The van der Waals surface area contributed by atoms with Gasteiger partial charge in [0.1, 0.15) is 11.9 Å². The molecule has 3 aliphatic carbocycles. The van der Waals surface area contributed by atoms with E-state index < -0.39 is 16.9 Å². The summed E-state index contributed by atoms with van der Waals surface area (Å²) in [6.07, 6.45) is 3.02. The van der Waals surface area contributed by atoms with Crippen molar-refractivity contribution < 1.29 is 24.2 Å². The molecule has 5 unspecified atom stereocenters. The van der Waals surface area contributed by atoms with Crippen molar-refractivity contribution in [1.82, 2.24) is 0 Å². The molecule has 0 spiro atoms. The third-order valence-electron chi connectivity index (χ3n) is 7.25. The van der Waals surface area contributed by atoms with Crippen LogP contribution in [0.5, 0.6) is 0 Å². The van der Waals surface area contributed by atoms with E-state index in [4.69, 9.17) is 4.74 Å². The zero-order chi connectivity index (χ0) is 20.1. The van der Waals surface area contributed by atoms with E-state index in [2.05, 4.69) is 6.58 Å². The van der Waals surface area contributed by atoms with Crippen molar-refractivity contribution in [3.63, 3.8) is 0 Å². The van der Waals surface area contributed by atoms with Crippen LogP contribution in [0, 0.1) is 22.7 Å². The second-order valence-corrected chi connectivity index (χ2v) is 9.22. The summed E-state index contributed by atoms with van der Waals surface area (Å²) in [7, 11) is 0. The minimum atomic E-state index is -0.940. The lowest BCUT2D eigenvalue weighted by molar-refractivity contribution is -0.173. The predicted molar refractivity (Wildman–Crippen MR) is 101 cm³/mol. The van der Waals surface area contributed by atoms with Crippen LogP contribution in [0.25, 0.3) is 0 Å². The Morgan fingerprint density at radius 1 is 1.26 bits per heavy atom. The highest BCUT2D eigenvalue weighted by atomic mass is 16.5. The molecule has 1 fully saturated rings. The third-order valence-corrected chi connectivity index (χ3v) is 7.25. The van der Waals surface area contributed by atoms with E-state index in [1.807, 2.05) is 20.8 Å². The molecule has 0 heterocycles. The van der Waals surface area contributed by atoms with E-state index in [1.54, 1.807) is 6.08 Å². The van der Waals surface area contributed by atoms with E-state index in [1.165, 1.54) is 6.92 Å². The Bertz CT molecular complexity index is 731. The number of ether oxygens (including phenoxy) is 1. The number of carbonyl (C=O) groups is 3. The Hall–Kier alpha value is -1.75. The van der Waals surface area contributed by atoms with Crippen LogP contribution in [-0.4, -0.2) is 34.9 Å².